The third-order valence-electron chi connectivity index (χ3n) is 27.6. The van der Waals surface area contributed by atoms with Gasteiger partial charge < -0.3 is 13.7 Å². The van der Waals surface area contributed by atoms with Gasteiger partial charge in [-0.3, -0.25) is 0 Å². The topological polar surface area (TPSA) is 131 Å². The minimum Gasteiger partial charge on any atom is -0.309 e. The molecule has 0 saturated heterocycles. The summed E-state index contributed by atoms with van der Waals surface area (Å²) in [5, 5.41) is 17.2. The molecule has 20 aromatic carbocycles. The van der Waals surface area contributed by atoms with Crippen LogP contribution < -0.4 is 0 Å². The number of benzene rings is 20. The quantitative estimate of drug-likeness (QED) is 0.111. The third-order valence-corrected chi connectivity index (χ3v) is 32.1. The Morgan fingerprint density at radius 3 is 0.814 bits per heavy atom. The summed E-state index contributed by atoms with van der Waals surface area (Å²) in [6.45, 7) is 0. The summed E-state index contributed by atoms with van der Waals surface area (Å²) in [5.74, 6) is 5.89. The highest BCUT2D eigenvalue weighted by molar-refractivity contribution is 7.27. The van der Waals surface area contributed by atoms with E-state index in [1.54, 1.807) is 45.3 Å². The van der Waals surface area contributed by atoms with Crippen LogP contribution >= 0.6 is 45.3 Å². The third kappa shape index (κ3) is 15.1. The Hall–Kier alpha value is -18.3. The van der Waals surface area contributed by atoms with Crippen molar-refractivity contribution >= 4 is 191 Å². The maximum atomic E-state index is 5.27. The van der Waals surface area contributed by atoms with E-state index in [0.717, 1.165) is 122 Å². The molecule has 0 radical (unpaired) electrons. The van der Waals surface area contributed by atoms with E-state index in [-0.39, 0.29) is 0 Å². The molecule has 0 amide bonds. The standard InChI is InChI=1S/C45H26N4S2.C45H28N4S.C39H24N4S/c1-2-11-29(12-3-1)49-36-17-7-4-15-34(36)42-35(16-10-18-37(42)49)45-47-43(27-21-23-32-30-13-5-8-19-38(30)50-40(32)25-27)46-44(48-45)28-22-24-33-31-14-6-9-20-39(31)51-41(33)26-28;1-3-12-29(13-4-1)30-14-11-15-31(26-30)43-46-44(48-45(47-43)33-22-24-37-36-19-8-10-21-41(36)50-42(37)28-33)32-23-25-40-38(27-32)35-18-7-9-20-39(35)49(40)34-16-5-2-6-17-34;1-3-11-25(12-4-1)37-40-38(42-39(41-37)27-20-22-32-31-16-8-10-18-35(31)44-36(32)24-27)26-19-21-30-29-15-7-9-17-33(29)43(34(30)23-26)28-13-5-2-6-14-28/h1-26H;1-28H;1-24H. The Morgan fingerprint density at radius 2 is 0.386 bits per heavy atom. The summed E-state index contributed by atoms with van der Waals surface area (Å²) in [6, 6.07) is 167. The second-order valence-electron chi connectivity index (χ2n) is 36.2. The van der Waals surface area contributed by atoms with Crippen molar-refractivity contribution in [2.24, 2.45) is 0 Å². The highest BCUT2D eigenvalue weighted by atomic mass is 32.1. The lowest BCUT2D eigenvalue weighted by atomic mass is 10.0. The first-order chi connectivity index (χ1) is 71.8. The average Bonchev–Trinajstić information content (AvgIpc) is 1.60. The van der Waals surface area contributed by atoms with Crippen molar-refractivity contribution < 1.29 is 0 Å². The number of nitrogens with zero attached hydrogens (tertiary/aromatic N) is 12. The average molecular weight is 1920 g/mol. The fourth-order valence-electron chi connectivity index (χ4n) is 20.8. The molecular formula is C129H78N12S4. The number of hydrogen-bond donors (Lipinski definition) is 0. The Bertz CT molecular complexity index is 10300. The summed E-state index contributed by atoms with van der Waals surface area (Å²) in [4.78, 5) is 46.3. The van der Waals surface area contributed by atoms with E-state index in [9.17, 15) is 0 Å². The van der Waals surface area contributed by atoms with E-state index >= 15 is 0 Å². The van der Waals surface area contributed by atoms with E-state index in [1.165, 1.54) is 102 Å². The molecule has 0 fully saturated rings. The van der Waals surface area contributed by atoms with Gasteiger partial charge in [-0.2, -0.15) is 0 Å². The fraction of sp³-hybridized carbons (Fsp3) is 0. The van der Waals surface area contributed by atoms with Crippen LogP contribution in [0.15, 0.2) is 473 Å². The maximum absolute atomic E-state index is 5.27. The first-order valence-corrected chi connectivity index (χ1v) is 51.5. The van der Waals surface area contributed by atoms with E-state index in [0.29, 0.717) is 52.4 Å². The van der Waals surface area contributed by atoms with Crippen LogP contribution in [0.2, 0.25) is 0 Å². The molecule has 16 heteroatoms. The van der Waals surface area contributed by atoms with Gasteiger partial charge in [-0.05, 0) is 151 Å². The minimum absolute atomic E-state index is 0.644. The van der Waals surface area contributed by atoms with Crippen molar-refractivity contribution in [1.29, 1.82) is 0 Å². The van der Waals surface area contributed by atoms with E-state index in [4.69, 9.17) is 44.9 Å². The number of aromatic nitrogens is 12. The van der Waals surface area contributed by atoms with Gasteiger partial charge in [-0.25, -0.2) is 44.9 Å². The van der Waals surface area contributed by atoms with Crippen LogP contribution in [0.25, 0.3) is 277 Å². The lowest BCUT2D eigenvalue weighted by molar-refractivity contribution is 1.07. The zero-order valence-corrected chi connectivity index (χ0v) is 80.8. The Morgan fingerprint density at radius 1 is 0.131 bits per heavy atom. The van der Waals surface area contributed by atoms with Gasteiger partial charge in [-0.15, -0.1) is 45.3 Å². The normalized spacial score (nSPS) is 11.7. The molecule has 0 unspecified atom stereocenters. The zero-order valence-electron chi connectivity index (χ0n) is 77.5. The zero-order chi connectivity index (χ0) is 95.5. The predicted octanol–water partition coefficient (Wildman–Crippen LogP) is 35.0. The molecule has 0 spiro atoms. The monoisotopic (exact) mass is 1920 g/mol. The molecule has 0 aliphatic carbocycles. The minimum atomic E-state index is 0.644. The molecule has 10 aromatic heterocycles. The Kier molecular flexibility index (Phi) is 20.7. The van der Waals surface area contributed by atoms with Gasteiger partial charge in [0.25, 0.3) is 0 Å². The highest BCUT2D eigenvalue weighted by Gasteiger charge is 2.26. The number of thiophene rings is 4. The van der Waals surface area contributed by atoms with Crippen LogP contribution in [-0.4, -0.2) is 58.6 Å². The molecule has 0 aliphatic heterocycles. The van der Waals surface area contributed by atoms with Crippen LogP contribution in [0.5, 0.6) is 0 Å². The first-order valence-electron chi connectivity index (χ1n) is 48.3. The molecule has 10 heterocycles. The second kappa shape index (κ2) is 35.5. The summed E-state index contributed by atoms with van der Waals surface area (Å²) in [7, 11) is 0. The molecule has 0 saturated carbocycles. The first kappa shape index (κ1) is 84.8. The van der Waals surface area contributed by atoms with Crippen LogP contribution in [0.1, 0.15) is 0 Å². The van der Waals surface area contributed by atoms with Crippen LogP contribution in [0.4, 0.5) is 0 Å². The van der Waals surface area contributed by atoms with E-state index in [2.05, 4.69) is 463 Å². The van der Waals surface area contributed by atoms with Crippen molar-refractivity contribution in [2.45, 2.75) is 0 Å². The van der Waals surface area contributed by atoms with Gasteiger partial charge in [0.1, 0.15) is 0 Å². The molecule has 678 valence electrons. The lowest BCUT2D eigenvalue weighted by Gasteiger charge is -2.11. The molecule has 0 bridgehead atoms. The smallest absolute Gasteiger partial charge is 0.164 e. The predicted molar refractivity (Wildman–Crippen MR) is 608 cm³/mol. The summed E-state index contributed by atoms with van der Waals surface area (Å²) in [6.07, 6.45) is 0. The van der Waals surface area contributed by atoms with Crippen LogP contribution in [-0.2, 0) is 0 Å². The van der Waals surface area contributed by atoms with Crippen molar-refractivity contribution in [2.75, 3.05) is 0 Å². The Balaban J connectivity index is 0.000000106. The molecule has 145 heavy (non-hydrogen) atoms. The molecule has 12 nitrogen and oxygen atoms in total. The van der Waals surface area contributed by atoms with E-state index < -0.39 is 0 Å². The maximum Gasteiger partial charge on any atom is 0.164 e. The Labute approximate surface area is 847 Å². The highest BCUT2D eigenvalue weighted by Crippen LogP contribution is 2.47. The molecule has 30 rings (SSSR count). The van der Waals surface area contributed by atoms with Crippen molar-refractivity contribution in [3.8, 4) is 131 Å². The van der Waals surface area contributed by atoms with Gasteiger partial charge in [0, 0.05) is 180 Å². The fourth-order valence-corrected chi connectivity index (χ4v) is 25.4. The summed E-state index contributed by atoms with van der Waals surface area (Å²) in [5.41, 5.74) is 21.1. The number of hydrogen-bond acceptors (Lipinski definition) is 13. The van der Waals surface area contributed by atoms with Gasteiger partial charge in [-0.1, -0.05) is 334 Å². The van der Waals surface area contributed by atoms with Crippen molar-refractivity contribution in [1.82, 2.24) is 58.6 Å². The molecule has 0 aliphatic rings. The van der Waals surface area contributed by atoms with E-state index in [1.807, 2.05) is 24.3 Å². The summed E-state index contributed by atoms with van der Waals surface area (Å²) < 4.78 is 17.0. The molecule has 0 atom stereocenters. The number of fused-ring (bicyclic) bond motifs is 21. The van der Waals surface area contributed by atoms with Crippen molar-refractivity contribution in [3.63, 3.8) is 0 Å². The molecular weight excluding hydrogens is 1850 g/mol. The SMILES string of the molecule is c1ccc(-c2cccc(-c3nc(-c4ccc5c(c4)sc4ccccc45)nc(-c4ccc5c(c4)c4ccccc4n5-c4ccccc4)n3)c2)cc1.c1ccc(-c2nc(-c3ccc4c(c3)sc3ccccc34)nc(-c3ccc4c5ccccc5n(-c5ccccc5)c4c3)n2)cc1.c1ccc(-n2c3ccccc3c3c(-c4nc(-c5ccc6c(c5)sc5ccccc56)nc(-c5ccc6c(c5)sc5ccccc56)n4)cccc32)cc1. The summed E-state index contributed by atoms with van der Waals surface area (Å²) >= 11 is 7.21. The molecule has 30 aromatic rings. The van der Waals surface area contributed by atoms with Crippen LogP contribution in [0, 0.1) is 0 Å². The van der Waals surface area contributed by atoms with Gasteiger partial charge in [0.2, 0.25) is 0 Å². The number of rotatable bonds is 13. The lowest BCUT2D eigenvalue weighted by Crippen LogP contribution is -2.00. The van der Waals surface area contributed by atoms with Crippen molar-refractivity contribution in [3.05, 3.63) is 473 Å². The second-order valence-corrected chi connectivity index (χ2v) is 40.5. The van der Waals surface area contributed by atoms with Gasteiger partial charge in [0.15, 0.2) is 52.4 Å². The van der Waals surface area contributed by atoms with Crippen LogP contribution in [0.3, 0.4) is 0 Å². The van der Waals surface area contributed by atoms with Gasteiger partial charge in [0.05, 0.1) is 33.1 Å². The number of para-hydroxylation sites is 6. The molecule has 0 N–H and O–H groups in total. The van der Waals surface area contributed by atoms with Gasteiger partial charge >= 0.3 is 0 Å². The largest absolute Gasteiger partial charge is 0.309 e.